The summed E-state index contributed by atoms with van der Waals surface area (Å²) in [6.07, 6.45) is 0.890. The van der Waals surface area contributed by atoms with Crippen LogP contribution in [0.15, 0.2) is 42.5 Å². The summed E-state index contributed by atoms with van der Waals surface area (Å²) < 4.78 is 0.532. The Morgan fingerprint density at radius 2 is 1.68 bits per heavy atom. The van der Waals surface area contributed by atoms with Crippen molar-refractivity contribution in [2.75, 3.05) is 4.43 Å². The van der Waals surface area contributed by atoms with Gasteiger partial charge in [-0.05, 0) is 48.6 Å². The van der Waals surface area contributed by atoms with Crippen molar-refractivity contribution >= 4 is 28.4 Å². The topological polar surface area (TPSA) is 17.1 Å². The maximum Gasteiger partial charge on any atom is 0.172 e. The minimum Gasteiger partial charge on any atom is -0.293 e. The fourth-order valence-electron chi connectivity index (χ4n) is 2.26. The van der Waals surface area contributed by atoms with Crippen LogP contribution in [0.1, 0.15) is 32.6 Å². The van der Waals surface area contributed by atoms with E-state index in [4.69, 9.17) is 0 Å². The Hall–Kier alpha value is -1.16. The molecule has 0 aliphatic carbocycles. The predicted molar refractivity (Wildman–Crippen MR) is 88.4 cm³/mol. The van der Waals surface area contributed by atoms with Crippen LogP contribution in [0.3, 0.4) is 0 Å². The molecule has 2 aromatic rings. The van der Waals surface area contributed by atoms with Gasteiger partial charge in [0.05, 0.1) is 4.43 Å². The Balaban J connectivity index is 2.31. The molecule has 1 nitrogen and oxygen atoms in total. The number of aryl methyl sites for hydroxylation is 2. The highest BCUT2D eigenvalue weighted by atomic mass is 127. The van der Waals surface area contributed by atoms with Crippen molar-refractivity contribution in [1.29, 1.82) is 0 Å². The number of ketones is 1. The zero-order valence-electron chi connectivity index (χ0n) is 11.2. The van der Waals surface area contributed by atoms with E-state index in [2.05, 4.69) is 60.7 Å². The lowest BCUT2D eigenvalue weighted by Crippen LogP contribution is -2.01. The molecule has 0 aliphatic heterocycles. The Morgan fingerprint density at radius 3 is 2.32 bits per heavy atom. The van der Waals surface area contributed by atoms with E-state index in [1.54, 1.807) is 0 Å². The summed E-state index contributed by atoms with van der Waals surface area (Å²) in [5, 5.41) is 0. The van der Waals surface area contributed by atoms with Gasteiger partial charge in [-0.3, -0.25) is 4.79 Å². The second kappa shape index (κ2) is 6.33. The molecular weight excluding hydrogens is 347 g/mol. The van der Waals surface area contributed by atoms with Crippen LogP contribution >= 0.6 is 22.6 Å². The molecule has 0 saturated heterocycles. The molecule has 0 aromatic heterocycles. The summed E-state index contributed by atoms with van der Waals surface area (Å²) in [6.45, 7) is 4.28. The van der Waals surface area contributed by atoms with E-state index in [0.29, 0.717) is 4.43 Å². The van der Waals surface area contributed by atoms with Crippen LogP contribution in [-0.2, 0) is 6.42 Å². The van der Waals surface area contributed by atoms with E-state index in [1.165, 1.54) is 22.3 Å². The molecular formula is C17H17IO. The summed E-state index contributed by atoms with van der Waals surface area (Å²) in [5.74, 6) is 0.198. The van der Waals surface area contributed by atoms with Crippen LogP contribution in [0.25, 0.3) is 0 Å². The van der Waals surface area contributed by atoms with E-state index >= 15 is 0 Å². The third-order valence-electron chi connectivity index (χ3n) is 3.40. The standard InChI is InChI=1S/C17H17IO/c1-12-5-3-6-13(2)16(12)10-14-7-4-8-15(9-14)17(19)11-18/h3-9H,10-11H2,1-2H3. The summed E-state index contributed by atoms with van der Waals surface area (Å²) in [5.41, 5.74) is 6.00. The predicted octanol–water partition coefficient (Wildman–Crippen LogP) is 4.51. The third kappa shape index (κ3) is 3.44. The second-order valence-electron chi connectivity index (χ2n) is 4.80. The Labute approximate surface area is 128 Å². The highest BCUT2D eigenvalue weighted by Crippen LogP contribution is 2.19. The Kier molecular flexibility index (Phi) is 4.75. The van der Waals surface area contributed by atoms with Gasteiger partial charge in [0.2, 0.25) is 0 Å². The quantitative estimate of drug-likeness (QED) is 0.443. The van der Waals surface area contributed by atoms with Gasteiger partial charge in [-0.15, -0.1) is 0 Å². The van der Waals surface area contributed by atoms with Crippen molar-refractivity contribution in [1.82, 2.24) is 0 Å². The van der Waals surface area contributed by atoms with Gasteiger partial charge >= 0.3 is 0 Å². The molecule has 98 valence electrons. The minimum absolute atomic E-state index is 0.198. The van der Waals surface area contributed by atoms with Gasteiger partial charge in [0.15, 0.2) is 5.78 Å². The first-order valence-electron chi connectivity index (χ1n) is 6.35. The maximum atomic E-state index is 11.7. The Bertz CT molecular complexity index is 582. The number of alkyl halides is 1. The van der Waals surface area contributed by atoms with Crippen molar-refractivity contribution in [2.24, 2.45) is 0 Å². The summed E-state index contributed by atoms with van der Waals surface area (Å²) >= 11 is 2.11. The SMILES string of the molecule is Cc1cccc(C)c1Cc1cccc(C(=O)CI)c1. The smallest absolute Gasteiger partial charge is 0.172 e. The highest BCUT2D eigenvalue weighted by molar-refractivity contribution is 14.1. The minimum atomic E-state index is 0.198. The van der Waals surface area contributed by atoms with E-state index in [-0.39, 0.29) is 5.78 Å². The molecule has 0 fully saturated rings. The van der Waals surface area contributed by atoms with Gasteiger partial charge in [0.25, 0.3) is 0 Å². The molecule has 0 amide bonds. The van der Waals surface area contributed by atoms with Crippen LogP contribution in [-0.4, -0.2) is 10.2 Å². The molecule has 0 heterocycles. The number of hydrogen-bond donors (Lipinski definition) is 0. The number of hydrogen-bond acceptors (Lipinski definition) is 1. The fraction of sp³-hybridized carbons (Fsp3) is 0.235. The number of halogens is 1. The lowest BCUT2D eigenvalue weighted by atomic mass is 9.95. The van der Waals surface area contributed by atoms with Crippen LogP contribution in [0.5, 0.6) is 0 Å². The van der Waals surface area contributed by atoms with Crippen molar-refractivity contribution in [2.45, 2.75) is 20.3 Å². The van der Waals surface area contributed by atoms with Gasteiger partial charge in [0.1, 0.15) is 0 Å². The average molecular weight is 364 g/mol. The van der Waals surface area contributed by atoms with Crippen molar-refractivity contribution < 1.29 is 4.79 Å². The number of Topliss-reactive ketones (excluding diaryl/α,β-unsaturated/α-hetero) is 1. The molecule has 19 heavy (non-hydrogen) atoms. The van der Waals surface area contributed by atoms with Crippen LogP contribution in [0, 0.1) is 13.8 Å². The maximum absolute atomic E-state index is 11.7. The van der Waals surface area contributed by atoms with Gasteiger partial charge in [-0.1, -0.05) is 59.0 Å². The highest BCUT2D eigenvalue weighted by Gasteiger charge is 2.07. The largest absolute Gasteiger partial charge is 0.293 e. The molecule has 0 N–H and O–H groups in total. The van der Waals surface area contributed by atoms with E-state index < -0.39 is 0 Å². The van der Waals surface area contributed by atoms with Gasteiger partial charge in [0, 0.05) is 5.56 Å². The normalized spacial score (nSPS) is 10.5. The molecule has 0 spiro atoms. The van der Waals surface area contributed by atoms with Gasteiger partial charge in [-0.25, -0.2) is 0 Å². The van der Waals surface area contributed by atoms with Crippen LogP contribution in [0.4, 0.5) is 0 Å². The number of benzene rings is 2. The second-order valence-corrected chi connectivity index (χ2v) is 5.57. The van der Waals surface area contributed by atoms with Crippen molar-refractivity contribution in [3.05, 3.63) is 70.3 Å². The molecule has 0 atom stereocenters. The number of rotatable bonds is 4. The first kappa shape index (κ1) is 14.3. The van der Waals surface area contributed by atoms with Crippen LogP contribution in [0.2, 0.25) is 0 Å². The van der Waals surface area contributed by atoms with E-state index in [0.717, 1.165) is 12.0 Å². The average Bonchev–Trinajstić information content (AvgIpc) is 2.42. The lowest BCUT2D eigenvalue weighted by molar-refractivity contribution is 0.102. The zero-order valence-corrected chi connectivity index (χ0v) is 13.4. The molecule has 0 radical (unpaired) electrons. The fourth-order valence-corrected chi connectivity index (χ4v) is 2.70. The van der Waals surface area contributed by atoms with Gasteiger partial charge < -0.3 is 0 Å². The molecule has 2 aromatic carbocycles. The van der Waals surface area contributed by atoms with Crippen molar-refractivity contribution in [3.63, 3.8) is 0 Å². The number of carbonyl (C=O) groups excluding carboxylic acids is 1. The lowest BCUT2D eigenvalue weighted by Gasteiger charge is -2.10. The first-order chi connectivity index (χ1) is 9.11. The third-order valence-corrected chi connectivity index (χ3v) is 4.09. The zero-order chi connectivity index (χ0) is 13.8. The summed E-state index contributed by atoms with van der Waals surface area (Å²) in [6, 6.07) is 14.4. The first-order valence-corrected chi connectivity index (χ1v) is 7.87. The molecule has 0 unspecified atom stereocenters. The molecule has 2 rings (SSSR count). The summed E-state index contributed by atoms with van der Waals surface area (Å²) in [4.78, 5) is 11.7. The molecule has 2 heteroatoms. The van der Waals surface area contributed by atoms with Crippen molar-refractivity contribution in [3.8, 4) is 0 Å². The molecule has 0 bridgehead atoms. The van der Waals surface area contributed by atoms with Crippen LogP contribution < -0.4 is 0 Å². The molecule has 0 aliphatic rings. The monoisotopic (exact) mass is 364 g/mol. The van der Waals surface area contributed by atoms with E-state index in [9.17, 15) is 4.79 Å². The number of carbonyl (C=O) groups is 1. The van der Waals surface area contributed by atoms with E-state index in [1.807, 2.05) is 18.2 Å². The Morgan fingerprint density at radius 1 is 1.05 bits per heavy atom. The molecule has 0 saturated carbocycles. The summed E-state index contributed by atoms with van der Waals surface area (Å²) in [7, 11) is 0. The van der Waals surface area contributed by atoms with Gasteiger partial charge in [-0.2, -0.15) is 0 Å².